The van der Waals surface area contributed by atoms with Gasteiger partial charge in [-0.2, -0.15) is 0 Å². The molecule has 120 valence electrons. The quantitative estimate of drug-likeness (QED) is 0.766. The van der Waals surface area contributed by atoms with Gasteiger partial charge in [-0.1, -0.05) is 33.1 Å². The number of nitrogens with zero attached hydrogens (tertiary/aromatic N) is 1. The highest BCUT2D eigenvalue weighted by Gasteiger charge is 2.41. The zero-order valence-electron chi connectivity index (χ0n) is 13.7. The van der Waals surface area contributed by atoms with Crippen molar-refractivity contribution >= 4 is 11.8 Å². The van der Waals surface area contributed by atoms with Crippen molar-refractivity contribution in [2.75, 3.05) is 0 Å². The molecule has 2 aliphatic rings. The predicted molar refractivity (Wildman–Crippen MR) is 83.8 cm³/mol. The Kier molecular flexibility index (Phi) is 5.80. The summed E-state index contributed by atoms with van der Waals surface area (Å²) in [5.74, 6) is 0.651. The summed E-state index contributed by atoms with van der Waals surface area (Å²) >= 11 is 0. The van der Waals surface area contributed by atoms with Crippen molar-refractivity contribution in [2.24, 2.45) is 5.92 Å². The lowest BCUT2D eigenvalue weighted by Gasteiger charge is -2.32. The minimum atomic E-state index is -0.293. The Morgan fingerprint density at radius 2 is 1.81 bits per heavy atom. The molecule has 0 spiro atoms. The van der Waals surface area contributed by atoms with Crippen LogP contribution in [0.25, 0.3) is 0 Å². The molecule has 0 aromatic carbocycles. The third kappa shape index (κ3) is 3.65. The number of hydrogen-bond donors (Lipinski definition) is 1. The van der Waals surface area contributed by atoms with Gasteiger partial charge < -0.3 is 5.32 Å². The number of likely N-dealkylation sites (tertiary alicyclic amines) is 1. The fraction of sp³-hybridized carbons (Fsp3) is 0.882. The van der Waals surface area contributed by atoms with Gasteiger partial charge in [0.05, 0.1) is 12.5 Å². The van der Waals surface area contributed by atoms with Crippen molar-refractivity contribution in [1.29, 1.82) is 0 Å². The minimum Gasteiger partial charge on any atom is -0.302 e. The summed E-state index contributed by atoms with van der Waals surface area (Å²) in [5.41, 5.74) is 0. The third-order valence-corrected chi connectivity index (χ3v) is 5.29. The van der Waals surface area contributed by atoms with Crippen LogP contribution in [0.1, 0.15) is 72.1 Å². The molecule has 3 atom stereocenters. The van der Waals surface area contributed by atoms with Crippen LogP contribution in [0.3, 0.4) is 0 Å². The molecule has 1 N–H and O–H groups in total. The van der Waals surface area contributed by atoms with E-state index >= 15 is 0 Å². The lowest BCUT2D eigenvalue weighted by Crippen LogP contribution is -2.48. The first-order valence-electron chi connectivity index (χ1n) is 8.70. The lowest BCUT2D eigenvalue weighted by molar-refractivity contribution is -0.141. The van der Waals surface area contributed by atoms with Gasteiger partial charge in [0, 0.05) is 12.1 Å². The molecule has 1 saturated heterocycles. The van der Waals surface area contributed by atoms with Gasteiger partial charge in [0.1, 0.15) is 0 Å². The minimum absolute atomic E-state index is 0.00894. The van der Waals surface area contributed by atoms with E-state index in [0.29, 0.717) is 18.4 Å². The molecule has 0 bridgehead atoms. The maximum absolute atomic E-state index is 12.5. The third-order valence-electron chi connectivity index (χ3n) is 5.29. The Morgan fingerprint density at radius 3 is 2.38 bits per heavy atom. The number of hydrogen-bond acceptors (Lipinski definition) is 3. The molecule has 1 saturated carbocycles. The van der Waals surface area contributed by atoms with Gasteiger partial charge in [0.25, 0.3) is 0 Å². The zero-order chi connectivity index (χ0) is 15.4. The zero-order valence-corrected chi connectivity index (χ0v) is 13.7. The second-order valence-electron chi connectivity index (χ2n) is 6.70. The summed E-state index contributed by atoms with van der Waals surface area (Å²) in [5, 5.41) is 3.51. The molecule has 0 aromatic rings. The maximum atomic E-state index is 12.5. The van der Waals surface area contributed by atoms with E-state index in [1.807, 2.05) is 13.8 Å². The molecule has 4 heteroatoms. The van der Waals surface area contributed by atoms with Crippen LogP contribution in [0, 0.1) is 5.92 Å². The van der Waals surface area contributed by atoms with Crippen LogP contribution in [-0.2, 0) is 9.59 Å². The van der Waals surface area contributed by atoms with Crippen LogP contribution in [0.15, 0.2) is 0 Å². The topological polar surface area (TPSA) is 49.4 Å². The molecular weight excluding hydrogens is 264 g/mol. The van der Waals surface area contributed by atoms with Gasteiger partial charge in [0.2, 0.25) is 11.8 Å². The second-order valence-corrected chi connectivity index (χ2v) is 6.70. The SMILES string of the molecule is CCC(NC1CC(=O)N(C(C)CC)C1=O)C1CCCCC1. The summed E-state index contributed by atoms with van der Waals surface area (Å²) in [6.07, 6.45) is 8.67. The molecule has 2 rings (SSSR count). The van der Waals surface area contributed by atoms with E-state index < -0.39 is 0 Å². The van der Waals surface area contributed by atoms with E-state index in [4.69, 9.17) is 0 Å². The second kappa shape index (κ2) is 7.39. The van der Waals surface area contributed by atoms with Crippen LogP contribution >= 0.6 is 0 Å². The first kappa shape index (κ1) is 16.5. The molecule has 1 aliphatic carbocycles. The van der Waals surface area contributed by atoms with Crippen LogP contribution < -0.4 is 5.32 Å². The van der Waals surface area contributed by atoms with Crippen LogP contribution in [-0.4, -0.2) is 34.8 Å². The van der Waals surface area contributed by atoms with E-state index in [1.165, 1.54) is 37.0 Å². The number of amides is 2. The molecule has 4 nitrogen and oxygen atoms in total. The molecule has 1 heterocycles. The largest absolute Gasteiger partial charge is 0.302 e. The molecule has 3 unspecified atom stereocenters. The maximum Gasteiger partial charge on any atom is 0.247 e. The molecular formula is C17H30N2O2. The average Bonchev–Trinajstić information content (AvgIpc) is 2.79. The Morgan fingerprint density at radius 1 is 1.14 bits per heavy atom. The number of rotatable bonds is 6. The van der Waals surface area contributed by atoms with Crippen LogP contribution in [0.2, 0.25) is 0 Å². The summed E-state index contributed by atoms with van der Waals surface area (Å²) in [4.78, 5) is 26.1. The number of imide groups is 1. The highest BCUT2D eigenvalue weighted by Crippen LogP contribution is 2.29. The van der Waals surface area contributed by atoms with Gasteiger partial charge in [-0.3, -0.25) is 14.5 Å². The number of carbonyl (C=O) groups excluding carboxylic acids is 2. The standard InChI is InChI=1S/C17H30N2O2/c1-4-12(3)19-16(20)11-15(17(19)21)18-14(5-2)13-9-7-6-8-10-13/h12-15,18H,4-11H2,1-3H3. The molecule has 0 aromatic heterocycles. The van der Waals surface area contributed by atoms with Crippen molar-refractivity contribution in [2.45, 2.75) is 90.3 Å². The fourth-order valence-electron chi connectivity index (χ4n) is 3.81. The molecule has 0 radical (unpaired) electrons. The van der Waals surface area contributed by atoms with Gasteiger partial charge in [-0.25, -0.2) is 0 Å². The van der Waals surface area contributed by atoms with E-state index in [2.05, 4.69) is 12.2 Å². The van der Waals surface area contributed by atoms with Gasteiger partial charge in [0.15, 0.2) is 0 Å². The number of nitrogens with one attached hydrogen (secondary N) is 1. The molecule has 2 fully saturated rings. The fourth-order valence-corrected chi connectivity index (χ4v) is 3.81. The van der Waals surface area contributed by atoms with Crippen LogP contribution in [0.4, 0.5) is 0 Å². The normalized spacial score (nSPS) is 27.2. The Labute approximate surface area is 128 Å². The van der Waals surface area contributed by atoms with E-state index in [9.17, 15) is 9.59 Å². The van der Waals surface area contributed by atoms with Crippen molar-refractivity contribution in [3.8, 4) is 0 Å². The van der Waals surface area contributed by atoms with Crippen molar-refractivity contribution in [1.82, 2.24) is 10.2 Å². The monoisotopic (exact) mass is 294 g/mol. The summed E-state index contributed by atoms with van der Waals surface area (Å²) < 4.78 is 0. The smallest absolute Gasteiger partial charge is 0.247 e. The summed E-state index contributed by atoms with van der Waals surface area (Å²) in [6.45, 7) is 6.15. The van der Waals surface area contributed by atoms with Gasteiger partial charge in [-0.15, -0.1) is 0 Å². The van der Waals surface area contributed by atoms with Gasteiger partial charge >= 0.3 is 0 Å². The Balaban J connectivity index is 1.98. The van der Waals surface area contributed by atoms with Crippen molar-refractivity contribution < 1.29 is 9.59 Å². The van der Waals surface area contributed by atoms with E-state index in [0.717, 1.165) is 12.8 Å². The Hall–Kier alpha value is -0.900. The first-order chi connectivity index (χ1) is 10.1. The Bertz CT molecular complexity index is 377. The van der Waals surface area contributed by atoms with E-state index in [1.54, 1.807) is 0 Å². The predicted octanol–water partition coefficient (Wildman–Crippen LogP) is 2.86. The highest BCUT2D eigenvalue weighted by molar-refractivity contribution is 6.05. The van der Waals surface area contributed by atoms with Gasteiger partial charge in [-0.05, 0) is 38.5 Å². The van der Waals surface area contributed by atoms with Crippen molar-refractivity contribution in [3.05, 3.63) is 0 Å². The number of carbonyl (C=O) groups is 2. The van der Waals surface area contributed by atoms with Crippen LogP contribution in [0.5, 0.6) is 0 Å². The lowest BCUT2D eigenvalue weighted by atomic mass is 9.82. The summed E-state index contributed by atoms with van der Waals surface area (Å²) in [7, 11) is 0. The summed E-state index contributed by atoms with van der Waals surface area (Å²) in [6, 6.07) is 0.105. The molecule has 2 amide bonds. The van der Waals surface area contributed by atoms with E-state index in [-0.39, 0.29) is 23.9 Å². The van der Waals surface area contributed by atoms with Crippen molar-refractivity contribution in [3.63, 3.8) is 0 Å². The molecule has 1 aliphatic heterocycles. The first-order valence-corrected chi connectivity index (χ1v) is 8.70. The highest BCUT2D eigenvalue weighted by atomic mass is 16.2. The average molecular weight is 294 g/mol. The molecule has 21 heavy (non-hydrogen) atoms.